The fourth-order valence-electron chi connectivity index (χ4n) is 2.46. The Bertz CT molecular complexity index is 654. The van der Waals surface area contributed by atoms with Crippen molar-refractivity contribution < 1.29 is 0 Å². The summed E-state index contributed by atoms with van der Waals surface area (Å²) in [5.41, 5.74) is 8.28. The highest BCUT2D eigenvalue weighted by molar-refractivity contribution is 6.00. The molecule has 2 rings (SSSR count). The second kappa shape index (κ2) is 7.16. The van der Waals surface area contributed by atoms with Crippen molar-refractivity contribution in [3.05, 3.63) is 52.8 Å². The molecule has 2 aromatic rings. The van der Waals surface area contributed by atoms with Crippen LogP contribution in [0.1, 0.15) is 43.3 Å². The molecule has 0 aliphatic carbocycles. The van der Waals surface area contributed by atoms with E-state index in [0.717, 1.165) is 23.5 Å². The van der Waals surface area contributed by atoms with E-state index < -0.39 is 0 Å². The molecule has 0 fully saturated rings. The van der Waals surface area contributed by atoms with Gasteiger partial charge in [0.25, 0.3) is 0 Å². The van der Waals surface area contributed by atoms with Crippen LogP contribution in [-0.2, 0) is 6.42 Å². The molecule has 0 aliphatic rings. The molecule has 0 saturated carbocycles. The molecule has 1 aromatic heterocycles. The van der Waals surface area contributed by atoms with Crippen LogP contribution in [-0.4, -0.2) is 15.7 Å². The maximum absolute atomic E-state index is 4.46. The van der Waals surface area contributed by atoms with Crippen molar-refractivity contribution in [1.29, 1.82) is 0 Å². The molecule has 0 bridgehead atoms. The second-order valence-corrected chi connectivity index (χ2v) is 6.04. The van der Waals surface area contributed by atoms with Crippen molar-refractivity contribution >= 4 is 11.7 Å². The second-order valence-electron chi connectivity index (χ2n) is 6.04. The van der Waals surface area contributed by atoms with Gasteiger partial charge in [0.1, 0.15) is 0 Å². The summed E-state index contributed by atoms with van der Waals surface area (Å²) in [4.78, 5) is 8.68. The Morgan fingerprint density at radius 1 is 1.14 bits per heavy atom. The Balaban J connectivity index is 2.22. The number of benzene rings is 1. The van der Waals surface area contributed by atoms with Gasteiger partial charge in [0.2, 0.25) is 5.95 Å². The predicted molar refractivity (Wildman–Crippen MR) is 92.3 cm³/mol. The van der Waals surface area contributed by atoms with Gasteiger partial charge in [-0.25, -0.2) is 15.4 Å². The third-order valence-electron chi connectivity index (χ3n) is 3.34. The van der Waals surface area contributed by atoms with Crippen LogP contribution in [0.15, 0.2) is 35.4 Å². The maximum Gasteiger partial charge on any atom is 0.243 e. The number of aryl methyl sites for hydroxylation is 2. The lowest BCUT2D eigenvalue weighted by Crippen LogP contribution is -2.07. The maximum atomic E-state index is 4.46. The Hall–Kier alpha value is -2.23. The van der Waals surface area contributed by atoms with Gasteiger partial charge in [-0.05, 0) is 44.7 Å². The minimum atomic E-state index is 0.540. The van der Waals surface area contributed by atoms with Crippen LogP contribution in [0.3, 0.4) is 0 Å². The molecule has 1 aromatic carbocycles. The molecular weight excluding hydrogens is 272 g/mol. The molecule has 0 aliphatic heterocycles. The van der Waals surface area contributed by atoms with E-state index in [-0.39, 0.29) is 0 Å². The normalized spacial score (nSPS) is 11.8. The van der Waals surface area contributed by atoms with E-state index >= 15 is 0 Å². The summed E-state index contributed by atoms with van der Waals surface area (Å²) in [5.74, 6) is 1.16. The highest BCUT2D eigenvalue weighted by Gasteiger charge is 2.07. The minimum absolute atomic E-state index is 0.540. The Kier molecular flexibility index (Phi) is 5.26. The number of rotatable bonds is 5. The first-order valence-corrected chi connectivity index (χ1v) is 7.66. The third kappa shape index (κ3) is 4.38. The number of aromatic nitrogens is 2. The van der Waals surface area contributed by atoms with Gasteiger partial charge in [-0.15, -0.1) is 0 Å². The lowest BCUT2D eigenvalue weighted by molar-refractivity contribution is 0.646. The van der Waals surface area contributed by atoms with Gasteiger partial charge < -0.3 is 0 Å². The minimum Gasteiger partial charge on any atom is -0.245 e. The van der Waals surface area contributed by atoms with E-state index in [9.17, 15) is 0 Å². The van der Waals surface area contributed by atoms with Crippen molar-refractivity contribution in [2.75, 3.05) is 5.43 Å². The fraction of sp³-hybridized carbons (Fsp3) is 0.389. The van der Waals surface area contributed by atoms with Crippen LogP contribution in [0.25, 0.3) is 0 Å². The summed E-state index contributed by atoms with van der Waals surface area (Å²) in [6.07, 6.45) is 1.04. The molecule has 0 saturated heterocycles. The standard InChI is InChI=1S/C18H24N4/c1-12(2)10-16-8-6-7-9-17(16)15(5)21-22-18-19-13(3)11-14(4)20-18/h6-9,11-12H,10H2,1-5H3,(H,19,20,22). The van der Waals surface area contributed by atoms with Gasteiger partial charge in [0, 0.05) is 17.0 Å². The molecular formula is C18H24N4. The SMILES string of the molecule is CC(=NNc1nc(C)cc(C)n1)c1ccccc1CC(C)C. The first-order chi connectivity index (χ1) is 10.5. The molecule has 116 valence electrons. The topological polar surface area (TPSA) is 50.2 Å². The Morgan fingerprint density at radius 2 is 1.77 bits per heavy atom. The van der Waals surface area contributed by atoms with Crippen molar-refractivity contribution in [2.24, 2.45) is 11.0 Å². The highest BCUT2D eigenvalue weighted by Crippen LogP contribution is 2.15. The average molecular weight is 296 g/mol. The number of hydrogen-bond acceptors (Lipinski definition) is 4. The van der Waals surface area contributed by atoms with E-state index in [0.29, 0.717) is 11.9 Å². The smallest absolute Gasteiger partial charge is 0.243 e. The van der Waals surface area contributed by atoms with E-state index in [4.69, 9.17) is 0 Å². The van der Waals surface area contributed by atoms with E-state index in [2.05, 4.69) is 52.5 Å². The number of nitrogens with one attached hydrogen (secondary N) is 1. The largest absolute Gasteiger partial charge is 0.245 e. The van der Waals surface area contributed by atoms with Crippen LogP contribution >= 0.6 is 0 Å². The Morgan fingerprint density at radius 3 is 2.41 bits per heavy atom. The van der Waals surface area contributed by atoms with Crippen LogP contribution in [0.2, 0.25) is 0 Å². The molecule has 1 heterocycles. The van der Waals surface area contributed by atoms with E-state index in [1.165, 1.54) is 11.1 Å². The van der Waals surface area contributed by atoms with Crippen molar-refractivity contribution in [2.45, 2.75) is 41.0 Å². The lowest BCUT2D eigenvalue weighted by Gasteiger charge is -2.11. The molecule has 0 spiro atoms. The summed E-state index contributed by atoms with van der Waals surface area (Å²) in [6, 6.07) is 10.3. The zero-order chi connectivity index (χ0) is 16.1. The monoisotopic (exact) mass is 296 g/mol. The lowest BCUT2D eigenvalue weighted by atomic mass is 9.96. The third-order valence-corrected chi connectivity index (χ3v) is 3.34. The van der Waals surface area contributed by atoms with Gasteiger partial charge in [-0.2, -0.15) is 5.10 Å². The first kappa shape index (κ1) is 16.1. The molecule has 0 unspecified atom stereocenters. The van der Waals surface area contributed by atoms with Crippen LogP contribution in [0.4, 0.5) is 5.95 Å². The zero-order valence-corrected chi connectivity index (χ0v) is 14.0. The highest BCUT2D eigenvalue weighted by atomic mass is 15.4. The predicted octanol–water partition coefficient (Wildman–Crippen LogP) is 4.13. The average Bonchev–Trinajstić information content (AvgIpc) is 2.44. The van der Waals surface area contributed by atoms with Crippen molar-refractivity contribution in [3.63, 3.8) is 0 Å². The number of hydrogen-bond donors (Lipinski definition) is 1. The summed E-state index contributed by atoms with van der Waals surface area (Å²) < 4.78 is 0. The zero-order valence-electron chi connectivity index (χ0n) is 14.0. The van der Waals surface area contributed by atoms with E-state index in [1.54, 1.807) is 0 Å². The molecule has 4 heteroatoms. The summed E-state index contributed by atoms with van der Waals surface area (Å²) in [5, 5.41) is 4.46. The van der Waals surface area contributed by atoms with Gasteiger partial charge in [-0.3, -0.25) is 0 Å². The number of hydrazone groups is 1. The molecule has 22 heavy (non-hydrogen) atoms. The van der Waals surface area contributed by atoms with Crippen LogP contribution < -0.4 is 5.43 Å². The van der Waals surface area contributed by atoms with Crippen molar-refractivity contribution in [1.82, 2.24) is 9.97 Å². The molecule has 0 radical (unpaired) electrons. The van der Waals surface area contributed by atoms with E-state index in [1.807, 2.05) is 32.9 Å². The van der Waals surface area contributed by atoms with Crippen LogP contribution in [0, 0.1) is 19.8 Å². The van der Waals surface area contributed by atoms with Crippen LogP contribution in [0.5, 0.6) is 0 Å². The quantitative estimate of drug-likeness (QED) is 0.666. The molecule has 4 nitrogen and oxygen atoms in total. The van der Waals surface area contributed by atoms with Gasteiger partial charge in [0.05, 0.1) is 5.71 Å². The van der Waals surface area contributed by atoms with Crippen molar-refractivity contribution in [3.8, 4) is 0 Å². The summed E-state index contributed by atoms with van der Waals surface area (Å²) in [7, 11) is 0. The molecule has 1 N–H and O–H groups in total. The number of anilines is 1. The fourth-order valence-corrected chi connectivity index (χ4v) is 2.46. The number of nitrogens with zero attached hydrogens (tertiary/aromatic N) is 3. The summed E-state index contributed by atoms with van der Waals surface area (Å²) in [6.45, 7) is 10.4. The van der Waals surface area contributed by atoms with Gasteiger partial charge >= 0.3 is 0 Å². The van der Waals surface area contributed by atoms with Gasteiger partial charge in [0.15, 0.2) is 0 Å². The van der Waals surface area contributed by atoms with Gasteiger partial charge in [-0.1, -0.05) is 38.1 Å². The first-order valence-electron chi connectivity index (χ1n) is 7.66. The Labute approximate surface area is 132 Å². The summed E-state index contributed by atoms with van der Waals surface area (Å²) >= 11 is 0. The molecule has 0 amide bonds. The molecule has 0 atom stereocenters.